The lowest BCUT2D eigenvalue weighted by Gasteiger charge is -2.29. The lowest BCUT2D eigenvalue weighted by Crippen LogP contribution is -2.53. The van der Waals surface area contributed by atoms with Gasteiger partial charge in [-0.05, 0) is 23.9 Å². The molecule has 0 saturated heterocycles. The molecule has 0 amide bonds. The van der Waals surface area contributed by atoms with Crippen LogP contribution in [0.4, 0.5) is 0 Å². The standard InChI is InChI=1S/C12H30N4O2/c1-11(2,5-13)7-15-9(17)10(18)16-8-12(3,4)6-14/h9-10,15-18H,5-8,13-14H2,1-4H3. The Labute approximate surface area is 110 Å². The highest BCUT2D eigenvalue weighted by molar-refractivity contribution is 4.77. The van der Waals surface area contributed by atoms with E-state index in [0.717, 1.165) is 0 Å². The predicted octanol–water partition coefficient (Wildman–Crippen LogP) is -1.23. The molecule has 0 fully saturated rings. The van der Waals surface area contributed by atoms with E-state index in [4.69, 9.17) is 11.5 Å². The Kier molecular flexibility index (Phi) is 7.28. The molecular formula is C12H30N4O2. The molecule has 8 N–H and O–H groups in total. The first-order valence-electron chi connectivity index (χ1n) is 6.36. The van der Waals surface area contributed by atoms with Crippen molar-refractivity contribution < 1.29 is 10.2 Å². The Morgan fingerprint density at radius 3 is 1.33 bits per heavy atom. The molecule has 0 spiro atoms. The summed E-state index contributed by atoms with van der Waals surface area (Å²) in [5.41, 5.74) is 10.9. The maximum absolute atomic E-state index is 9.75. The van der Waals surface area contributed by atoms with Crippen LogP contribution in [0.5, 0.6) is 0 Å². The summed E-state index contributed by atoms with van der Waals surface area (Å²) in [6.45, 7) is 10.0. The van der Waals surface area contributed by atoms with Gasteiger partial charge in [-0.2, -0.15) is 0 Å². The summed E-state index contributed by atoms with van der Waals surface area (Å²) in [6, 6.07) is 0. The monoisotopic (exact) mass is 262 g/mol. The number of hydrogen-bond donors (Lipinski definition) is 6. The highest BCUT2D eigenvalue weighted by Crippen LogP contribution is 2.12. The minimum atomic E-state index is -1.02. The average molecular weight is 262 g/mol. The third-order valence-corrected chi connectivity index (χ3v) is 2.98. The van der Waals surface area contributed by atoms with Crippen molar-refractivity contribution in [2.45, 2.75) is 40.2 Å². The van der Waals surface area contributed by atoms with Gasteiger partial charge in [0.1, 0.15) is 12.5 Å². The predicted molar refractivity (Wildman–Crippen MR) is 73.7 cm³/mol. The highest BCUT2D eigenvalue weighted by atomic mass is 16.4. The molecule has 0 aromatic heterocycles. The van der Waals surface area contributed by atoms with E-state index < -0.39 is 12.5 Å². The summed E-state index contributed by atoms with van der Waals surface area (Å²) < 4.78 is 0. The van der Waals surface area contributed by atoms with Crippen LogP contribution < -0.4 is 22.1 Å². The van der Waals surface area contributed by atoms with E-state index in [1.165, 1.54) is 0 Å². The van der Waals surface area contributed by atoms with E-state index in [1.54, 1.807) is 0 Å². The molecule has 0 aromatic carbocycles. The van der Waals surface area contributed by atoms with Crippen molar-refractivity contribution in [3.8, 4) is 0 Å². The maximum atomic E-state index is 9.75. The van der Waals surface area contributed by atoms with E-state index in [2.05, 4.69) is 10.6 Å². The van der Waals surface area contributed by atoms with E-state index in [1.807, 2.05) is 27.7 Å². The molecule has 18 heavy (non-hydrogen) atoms. The van der Waals surface area contributed by atoms with Crippen LogP contribution in [0.25, 0.3) is 0 Å². The van der Waals surface area contributed by atoms with Crippen molar-refractivity contribution in [1.29, 1.82) is 0 Å². The molecule has 0 saturated carbocycles. The summed E-state index contributed by atoms with van der Waals surface area (Å²) in [5.74, 6) is 0. The Hall–Kier alpha value is -0.240. The van der Waals surface area contributed by atoms with Crippen LogP contribution >= 0.6 is 0 Å². The lowest BCUT2D eigenvalue weighted by molar-refractivity contribution is -0.0289. The van der Waals surface area contributed by atoms with Crippen molar-refractivity contribution in [2.75, 3.05) is 26.2 Å². The van der Waals surface area contributed by atoms with Crippen molar-refractivity contribution in [1.82, 2.24) is 10.6 Å². The third-order valence-electron chi connectivity index (χ3n) is 2.98. The molecule has 110 valence electrons. The molecule has 2 atom stereocenters. The van der Waals surface area contributed by atoms with Gasteiger partial charge in [-0.15, -0.1) is 0 Å². The van der Waals surface area contributed by atoms with Gasteiger partial charge in [0.05, 0.1) is 0 Å². The maximum Gasteiger partial charge on any atom is 0.144 e. The van der Waals surface area contributed by atoms with Gasteiger partial charge >= 0.3 is 0 Å². The fourth-order valence-corrected chi connectivity index (χ4v) is 1.13. The smallest absolute Gasteiger partial charge is 0.144 e. The van der Waals surface area contributed by atoms with Crippen LogP contribution in [-0.2, 0) is 0 Å². The Bertz CT molecular complexity index is 210. The summed E-state index contributed by atoms with van der Waals surface area (Å²) >= 11 is 0. The molecule has 0 aliphatic heterocycles. The van der Waals surface area contributed by atoms with E-state index in [9.17, 15) is 10.2 Å². The van der Waals surface area contributed by atoms with E-state index in [0.29, 0.717) is 26.2 Å². The zero-order valence-electron chi connectivity index (χ0n) is 12.0. The van der Waals surface area contributed by atoms with Crippen molar-refractivity contribution >= 4 is 0 Å². The lowest BCUT2D eigenvalue weighted by atomic mass is 9.93. The van der Waals surface area contributed by atoms with Gasteiger partial charge in [-0.3, -0.25) is 10.6 Å². The molecule has 0 radical (unpaired) electrons. The van der Waals surface area contributed by atoms with Crippen molar-refractivity contribution in [2.24, 2.45) is 22.3 Å². The van der Waals surface area contributed by atoms with Gasteiger partial charge < -0.3 is 21.7 Å². The van der Waals surface area contributed by atoms with Gasteiger partial charge in [-0.25, -0.2) is 0 Å². The second-order valence-electron chi connectivity index (χ2n) is 6.39. The number of hydrogen-bond acceptors (Lipinski definition) is 6. The minimum Gasteiger partial charge on any atom is -0.374 e. The number of nitrogens with two attached hydrogens (primary N) is 2. The molecule has 0 aliphatic carbocycles. The zero-order chi connectivity index (χ0) is 14.4. The first-order valence-corrected chi connectivity index (χ1v) is 6.36. The molecule has 0 rings (SSSR count). The van der Waals surface area contributed by atoms with Gasteiger partial charge in [-0.1, -0.05) is 27.7 Å². The molecule has 0 heterocycles. The summed E-state index contributed by atoms with van der Waals surface area (Å²) in [5, 5.41) is 25.2. The largest absolute Gasteiger partial charge is 0.374 e. The summed E-state index contributed by atoms with van der Waals surface area (Å²) in [6.07, 6.45) is -2.05. The number of nitrogens with one attached hydrogen (secondary N) is 2. The second kappa shape index (κ2) is 7.37. The van der Waals surface area contributed by atoms with E-state index in [-0.39, 0.29) is 10.8 Å². The second-order valence-corrected chi connectivity index (χ2v) is 6.39. The molecular weight excluding hydrogens is 232 g/mol. The summed E-state index contributed by atoms with van der Waals surface area (Å²) in [4.78, 5) is 0. The first kappa shape index (κ1) is 17.8. The van der Waals surface area contributed by atoms with Crippen LogP contribution in [0.2, 0.25) is 0 Å². The topological polar surface area (TPSA) is 117 Å². The Balaban J connectivity index is 4.00. The molecule has 2 unspecified atom stereocenters. The average Bonchev–Trinajstić information content (AvgIpc) is 2.33. The number of aliphatic hydroxyl groups excluding tert-OH is 2. The number of rotatable bonds is 9. The highest BCUT2D eigenvalue weighted by Gasteiger charge is 2.23. The molecule has 0 bridgehead atoms. The SMILES string of the molecule is CC(C)(CN)CNC(O)C(O)NCC(C)(C)CN. The Morgan fingerprint density at radius 1 is 0.833 bits per heavy atom. The molecule has 6 heteroatoms. The fraction of sp³-hybridized carbons (Fsp3) is 1.00. The van der Waals surface area contributed by atoms with Crippen LogP contribution in [-0.4, -0.2) is 48.8 Å². The fourth-order valence-electron chi connectivity index (χ4n) is 1.13. The van der Waals surface area contributed by atoms with Crippen molar-refractivity contribution in [3.63, 3.8) is 0 Å². The van der Waals surface area contributed by atoms with Gasteiger partial charge in [0.25, 0.3) is 0 Å². The van der Waals surface area contributed by atoms with Gasteiger partial charge in [0.15, 0.2) is 0 Å². The quantitative estimate of drug-likeness (QED) is 0.290. The van der Waals surface area contributed by atoms with Crippen molar-refractivity contribution in [3.05, 3.63) is 0 Å². The molecule has 6 nitrogen and oxygen atoms in total. The normalized spacial score (nSPS) is 16.7. The molecule has 0 aliphatic rings. The number of aliphatic hydroxyl groups is 2. The first-order chi connectivity index (χ1) is 8.13. The van der Waals surface area contributed by atoms with Gasteiger partial charge in [0.2, 0.25) is 0 Å². The van der Waals surface area contributed by atoms with Crippen LogP contribution in [0.1, 0.15) is 27.7 Å². The van der Waals surface area contributed by atoms with Gasteiger partial charge in [0, 0.05) is 13.1 Å². The molecule has 0 aromatic rings. The van der Waals surface area contributed by atoms with Crippen LogP contribution in [0.15, 0.2) is 0 Å². The zero-order valence-corrected chi connectivity index (χ0v) is 12.0. The third kappa shape index (κ3) is 7.25. The summed E-state index contributed by atoms with van der Waals surface area (Å²) in [7, 11) is 0. The van der Waals surface area contributed by atoms with Crippen LogP contribution in [0.3, 0.4) is 0 Å². The Morgan fingerprint density at radius 2 is 1.11 bits per heavy atom. The van der Waals surface area contributed by atoms with Crippen LogP contribution in [0, 0.1) is 10.8 Å². The minimum absolute atomic E-state index is 0.114. The van der Waals surface area contributed by atoms with E-state index >= 15 is 0 Å².